The van der Waals surface area contributed by atoms with Crippen molar-refractivity contribution in [3.8, 4) is 0 Å². The fourth-order valence-electron chi connectivity index (χ4n) is 2.34. The fourth-order valence-corrected chi connectivity index (χ4v) is 2.34. The summed E-state index contributed by atoms with van der Waals surface area (Å²) in [7, 11) is 1.66. The lowest BCUT2D eigenvalue weighted by Crippen LogP contribution is -2.25. The molecule has 114 valence electrons. The molecule has 0 aliphatic heterocycles. The van der Waals surface area contributed by atoms with Crippen LogP contribution in [0, 0.1) is 5.92 Å². The Balaban J connectivity index is 1.74. The van der Waals surface area contributed by atoms with Gasteiger partial charge in [-0.05, 0) is 25.2 Å². The Kier molecular flexibility index (Phi) is 10.3. The van der Waals surface area contributed by atoms with Crippen LogP contribution in [0.25, 0.3) is 0 Å². The van der Waals surface area contributed by atoms with E-state index in [2.05, 4.69) is 0 Å². The summed E-state index contributed by atoms with van der Waals surface area (Å²) in [5.41, 5.74) is 6.01. The summed E-state index contributed by atoms with van der Waals surface area (Å²) in [6, 6.07) is 0.393. The Hall–Kier alpha value is -0.200. The van der Waals surface area contributed by atoms with Crippen LogP contribution < -0.4 is 5.73 Å². The predicted molar refractivity (Wildman–Crippen MR) is 74.3 cm³/mol. The van der Waals surface area contributed by atoms with Crippen LogP contribution in [-0.2, 0) is 18.9 Å². The summed E-state index contributed by atoms with van der Waals surface area (Å²) in [5, 5.41) is 0. The molecule has 0 heterocycles. The zero-order valence-electron chi connectivity index (χ0n) is 12.1. The molecule has 1 aliphatic carbocycles. The first-order valence-electron chi connectivity index (χ1n) is 7.32. The van der Waals surface area contributed by atoms with Crippen LogP contribution >= 0.6 is 0 Å². The first kappa shape index (κ1) is 16.9. The number of methoxy groups -OCH3 is 1. The fraction of sp³-hybridized carbons (Fsp3) is 1.00. The first-order valence-corrected chi connectivity index (χ1v) is 7.32. The van der Waals surface area contributed by atoms with Crippen molar-refractivity contribution in [3.63, 3.8) is 0 Å². The van der Waals surface area contributed by atoms with Gasteiger partial charge in [-0.1, -0.05) is 6.42 Å². The maximum Gasteiger partial charge on any atom is 0.0701 e. The lowest BCUT2D eigenvalue weighted by atomic mass is 10.0. The minimum absolute atomic E-state index is 0.393. The van der Waals surface area contributed by atoms with Crippen molar-refractivity contribution in [2.24, 2.45) is 11.7 Å². The van der Waals surface area contributed by atoms with Crippen molar-refractivity contribution >= 4 is 0 Å². The minimum atomic E-state index is 0.393. The Morgan fingerprint density at radius 3 is 1.95 bits per heavy atom. The second kappa shape index (κ2) is 11.6. The summed E-state index contributed by atoms with van der Waals surface area (Å²) in [4.78, 5) is 0. The van der Waals surface area contributed by atoms with Gasteiger partial charge in [0.25, 0.3) is 0 Å². The molecule has 0 aromatic heterocycles. The molecule has 2 atom stereocenters. The van der Waals surface area contributed by atoms with Crippen LogP contribution in [0.1, 0.15) is 25.7 Å². The van der Waals surface area contributed by atoms with Gasteiger partial charge in [0.15, 0.2) is 0 Å². The van der Waals surface area contributed by atoms with Gasteiger partial charge < -0.3 is 24.7 Å². The van der Waals surface area contributed by atoms with Gasteiger partial charge in [-0.25, -0.2) is 0 Å². The molecule has 1 rings (SSSR count). The summed E-state index contributed by atoms with van der Waals surface area (Å²) in [5.74, 6) is 0.662. The molecule has 0 saturated heterocycles. The molecule has 1 fully saturated rings. The largest absolute Gasteiger partial charge is 0.382 e. The smallest absolute Gasteiger partial charge is 0.0701 e. The lowest BCUT2D eigenvalue weighted by molar-refractivity contribution is 0.00204. The van der Waals surface area contributed by atoms with E-state index < -0.39 is 0 Å². The highest BCUT2D eigenvalue weighted by atomic mass is 16.6. The monoisotopic (exact) mass is 275 g/mol. The molecule has 1 saturated carbocycles. The van der Waals surface area contributed by atoms with E-state index in [0.29, 0.717) is 51.6 Å². The standard InChI is InChI=1S/C14H29NO4/c1-16-7-8-18-11-12-19-10-9-17-6-5-13-3-2-4-14(13)15/h13-14H,2-12,15H2,1H3. The second-order valence-electron chi connectivity index (χ2n) is 4.97. The van der Waals surface area contributed by atoms with Gasteiger partial charge in [-0.15, -0.1) is 0 Å². The van der Waals surface area contributed by atoms with Crippen molar-refractivity contribution < 1.29 is 18.9 Å². The third-order valence-corrected chi connectivity index (χ3v) is 3.53. The van der Waals surface area contributed by atoms with Gasteiger partial charge in [0.05, 0.1) is 39.6 Å². The predicted octanol–water partition coefficient (Wildman–Crippen LogP) is 1.20. The molecule has 0 amide bonds. The van der Waals surface area contributed by atoms with Crippen LogP contribution in [0.15, 0.2) is 0 Å². The molecule has 0 aromatic rings. The number of nitrogens with two attached hydrogens (primary N) is 1. The number of ether oxygens (including phenoxy) is 4. The Morgan fingerprint density at radius 2 is 1.42 bits per heavy atom. The van der Waals surface area contributed by atoms with Crippen LogP contribution in [0.4, 0.5) is 0 Å². The number of rotatable bonds is 12. The van der Waals surface area contributed by atoms with Crippen molar-refractivity contribution in [3.05, 3.63) is 0 Å². The van der Waals surface area contributed by atoms with Crippen molar-refractivity contribution in [1.82, 2.24) is 0 Å². The van der Waals surface area contributed by atoms with Crippen molar-refractivity contribution in [1.29, 1.82) is 0 Å². The van der Waals surface area contributed by atoms with E-state index in [1.807, 2.05) is 0 Å². The van der Waals surface area contributed by atoms with Crippen LogP contribution in [0.5, 0.6) is 0 Å². The number of hydrogen-bond acceptors (Lipinski definition) is 5. The van der Waals surface area contributed by atoms with Gasteiger partial charge in [-0.2, -0.15) is 0 Å². The van der Waals surface area contributed by atoms with E-state index in [1.54, 1.807) is 7.11 Å². The third-order valence-electron chi connectivity index (χ3n) is 3.53. The van der Waals surface area contributed by atoms with E-state index in [1.165, 1.54) is 19.3 Å². The summed E-state index contributed by atoms with van der Waals surface area (Å²) in [6.45, 7) is 4.56. The Morgan fingerprint density at radius 1 is 0.842 bits per heavy atom. The molecule has 2 unspecified atom stereocenters. The molecule has 19 heavy (non-hydrogen) atoms. The highest BCUT2D eigenvalue weighted by molar-refractivity contribution is 4.79. The molecule has 0 bridgehead atoms. The molecular weight excluding hydrogens is 246 g/mol. The highest BCUT2D eigenvalue weighted by Gasteiger charge is 2.22. The minimum Gasteiger partial charge on any atom is -0.382 e. The topological polar surface area (TPSA) is 62.9 Å². The van der Waals surface area contributed by atoms with E-state index in [0.717, 1.165) is 13.0 Å². The van der Waals surface area contributed by atoms with E-state index >= 15 is 0 Å². The molecule has 5 nitrogen and oxygen atoms in total. The quantitative estimate of drug-likeness (QED) is 0.542. The highest BCUT2D eigenvalue weighted by Crippen LogP contribution is 2.26. The zero-order valence-corrected chi connectivity index (χ0v) is 12.1. The Labute approximate surface area is 116 Å². The van der Waals surface area contributed by atoms with Crippen molar-refractivity contribution in [2.45, 2.75) is 31.7 Å². The molecule has 2 N–H and O–H groups in total. The number of hydrogen-bond donors (Lipinski definition) is 1. The summed E-state index contributed by atoms with van der Waals surface area (Å²) in [6.07, 6.45) is 4.80. The average molecular weight is 275 g/mol. The van der Waals surface area contributed by atoms with Crippen LogP contribution in [-0.4, -0.2) is 59.4 Å². The molecule has 1 aliphatic rings. The lowest BCUT2D eigenvalue weighted by Gasteiger charge is -2.14. The van der Waals surface area contributed by atoms with Gasteiger partial charge in [0.2, 0.25) is 0 Å². The van der Waals surface area contributed by atoms with Crippen LogP contribution in [0.3, 0.4) is 0 Å². The Bertz CT molecular complexity index is 204. The molecule has 0 radical (unpaired) electrons. The summed E-state index contributed by atoms with van der Waals surface area (Å²) >= 11 is 0. The maximum atomic E-state index is 6.01. The maximum absolute atomic E-state index is 6.01. The molecular formula is C14H29NO4. The van der Waals surface area contributed by atoms with E-state index in [4.69, 9.17) is 24.7 Å². The average Bonchev–Trinajstić information content (AvgIpc) is 2.82. The van der Waals surface area contributed by atoms with Crippen LogP contribution in [0.2, 0.25) is 0 Å². The first-order chi connectivity index (χ1) is 9.34. The SMILES string of the molecule is COCCOCCOCCOCCC1CCCC1N. The van der Waals surface area contributed by atoms with Gasteiger partial charge in [0.1, 0.15) is 0 Å². The van der Waals surface area contributed by atoms with Gasteiger partial charge >= 0.3 is 0 Å². The van der Waals surface area contributed by atoms with Crippen molar-refractivity contribution in [2.75, 3.05) is 53.4 Å². The van der Waals surface area contributed by atoms with E-state index in [-0.39, 0.29) is 0 Å². The van der Waals surface area contributed by atoms with Gasteiger partial charge in [0, 0.05) is 19.8 Å². The second-order valence-corrected chi connectivity index (χ2v) is 4.97. The van der Waals surface area contributed by atoms with Gasteiger partial charge in [-0.3, -0.25) is 0 Å². The normalized spacial score (nSPS) is 23.1. The van der Waals surface area contributed by atoms with E-state index in [9.17, 15) is 0 Å². The zero-order chi connectivity index (χ0) is 13.8. The third kappa shape index (κ3) is 8.55. The molecule has 5 heteroatoms. The summed E-state index contributed by atoms with van der Waals surface area (Å²) < 4.78 is 21.1. The molecule has 0 spiro atoms. The molecule has 0 aromatic carbocycles.